The van der Waals surface area contributed by atoms with Gasteiger partial charge in [-0.15, -0.1) is 0 Å². The van der Waals surface area contributed by atoms with E-state index >= 15 is 0 Å². The molecule has 0 amide bonds. The lowest BCUT2D eigenvalue weighted by Crippen LogP contribution is -2.30. The minimum atomic E-state index is 0.193. The maximum absolute atomic E-state index is 8.47. The van der Waals surface area contributed by atoms with Crippen molar-refractivity contribution in [1.29, 1.82) is 10.8 Å². The highest BCUT2D eigenvalue weighted by molar-refractivity contribution is 5.85. The fourth-order valence-electron chi connectivity index (χ4n) is 3.01. The summed E-state index contributed by atoms with van der Waals surface area (Å²) in [5, 5.41) is 22.2. The molecule has 5 nitrogen and oxygen atoms in total. The van der Waals surface area contributed by atoms with E-state index in [0.29, 0.717) is 6.42 Å². The SMILES string of the molecule is Cc1ccc(-c2ccc(=N)n(C(=N)Cc3ccc4ncccc4c3)n2)cc1. The normalized spacial score (nSPS) is 10.9. The van der Waals surface area contributed by atoms with E-state index < -0.39 is 0 Å². The molecule has 4 rings (SSSR count). The molecular formula is C22H19N5. The molecular weight excluding hydrogens is 334 g/mol. The second-order valence-electron chi connectivity index (χ2n) is 6.54. The van der Waals surface area contributed by atoms with E-state index in [2.05, 4.69) is 10.1 Å². The van der Waals surface area contributed by atoms with Gasteiger partial charge >= 0.3 is 0 Å². The maximum atomic E-state index is 8.47. The minimum Gasteiger partial charge on any atom is -0.286 e. The number of rotatable bonds is 3. The van der Waals surface area contributed by atoms with Crippen molar-refractivity contribution in [1.82, 2.24) is 14.8 Å². The lowest BCUT2D eigenvalue weighted by Gasteiger charge is -2.10. The molecule has 0 bridgehead atoms. The molecule has 2 aromatic carbocycles. The molecule has 2 N–H and O–H groups in total. The van der Waals surface area contributed by atoms with Crippen molar-refractivity contribution >= 4 is 16.7 Å². The van der Waals surface area contributed by atoms with Crippen molar-refractivity contribution in [2.75, 3.05) is 0 Å². The summed E-state index contributed by atoms with van der Waals surface area (Å²) >= 11 is 0. The number of pyridine rings is 1. The van der Waals surface area contributed by atoms with E-state index in [9.17, 15) is 0 Å². The predicted molar refractivity (Wildman–Crippen MR) is 107 cm³/mol. The topological polar surface area (TPSA) is 78.4 Å². The zero-order valence-corrected chi connectivity index (χ0v) is 15.0. The predicted octanol–water partition coefficient (Wildman–Crippen LogP) is 3.95. The molecule has 0 atom stereocenters. The van der Waals surface area contributed by atoms with Crippen LogP contribution >= 0.6 is 0 Å². The molecule has 5 heteroatoms. The fourth-order valence-corrected chi connectivity index (χ4v) is 3.01. The molecule has 132 valence electrons. The smallest absolute Gasteiger partial charge is 0.148 e. The van der Waals surface area contributed by atoms with Gasteiger partial charge in [0.15, 0.2) is 0 Å². The van der Waals surface area contributed by atoms with Gasteiger partial charge in [-0.3, -0.25) is 15.8 Å². The molecule has 4 aromatic rings. The summed E-state index contributed by atoms with van der Waals surface area (Å²) in [5.41, 5.74) is 5.02. The quantitative estimate of drug-likeness (QED) is 0.432. The third-order valence-corrected chi connectivity index (χ3v) is 4.48. The fraction of sp³-hybridized carbons (Fsp3) is 0.0909. The van der Waals surface area contributed by atoms with Crippen LogP contribution in [0.3, 0.4) is 0 Å². The van der Waals surface area contributed by atoms with Gasteiger partial charge in [-0.25, -0.2) is 4.68 Å². The van der Waals surface area contributed by atoms with Gasteiger partial charge in [0, 0.05) is 23.6 Å². The zero-order valence-electron chi connectivity index (χ0n) is 15.0. The first-order valence-electron chi connectivity index (χ1n) is 8.74. The summed E-state index contributed by atoms with van der Waals surface area (Å²) in [6.45, 7) is 2.04. The molecule has 0 aliphatic rings. The molecule has 0 unspecified atom stereocenters. The molecule has 0 spiro atoms. The Morgan fingerprint density at radius 3 is 2.63 bits per heavy atom. The summed E-state index contributed by atoms with van der Waals surface area (Å²) in [6, 6.07) is 21.4. The first kappa shape index (κ1) is 16.8. The Morgan fingerprint density at radius 1 is 1.00 bits per heavy atom. The summed E-state index contributed by atoms with van der Waals surface area (Å²) in [7, 11) is 0. The Bertz CT molecular complexity index is 1190. The highest BCUT2D eigenvalue weighted by atomic mass is 15.3. The van der Waals surface area contributed by atoms with Gasteiger partial charge in [0.25, 0.3) is 0 Å². The van der Waals surface area contributed by atoms with Gasteiger partial charge in [0.2, 0.25) is 0 Å². The van der Waals surface area contributed by atoms with Crippen LogP contribution in [-0.4, -0.2) is 20.6 Å². The van der Waals surface area contributed by atoms with Gasteiger partial charge < -0.3 is 0 Å². The lowest BCUT2D eigenvalue weighted by molar-refractivity contribution is 0.800. The molecule has 2 aromatic heterocycles. The van der Waals surface area contributed by atoms with E-state index in [0.717, 1.165) is 27.7 Å². The second kappa shape index (κ2) is 6.96. The van der Waals surface area contributed by atoms with Gasteiger partial charge in [-0.1, -0.05) is 42.0 Å². The van der Waals surface area contributed by atoms with Crippen LogP contribution in [-0.2, 0) is 6.42 Å². The number of hydrogen-bond acceptors (Lipinski definition) is 4. The van der Waals surface area contributed by atoms with Crippen LogP contribution in [0, 0.1) is 17.7 Å². The third kappa shape index (κ3) is 3.53. The van der Waals surface area contributed by atoms with E-state index in [-0.39, 0.29) is 11.3 Å². The average Bonchev–Trinajstić information content (AvgIpc) is 2.69. The van der Waals surface area contributed by atoms with Crippen LogP contribution in [0.5, 0.6) is 0 Å². The summed E-state index contributed by atoms with van der Waals surface area (Å²) in [6.07, 6.45) is 2.17. The highest BCUT2D eigenvalue weighted by Crippen LogP contribution is 2.17. The summed E-state index contributed by atoms with van der Waals surface area (Å²) < 4.78 is 1.39. The van der Waals surface area contributed by atoms with Crippen LogP contribution in [0.15, 0.2) is 72.9 Å². The van der Waals surface area contributed by atoms with Crippen LogP contribution in [0.2, 0.25) is 0 Å². The molecule has 0 aliphatic carbocycles. The number of aryl methyl sites for hydroxylation is 1. The Hall–Kier alpha value is -3.60. The van der Waals surface area contributed by atoms with E-state index in [4.69, 9.17) is 10.8 Å². The average molecular weight is 353 g/mol. The van der Waals surface area contributed by atoms with Crippen molar-refractivity contribution in [3.05, 3.63) is 89.5 Å². The molecule has 2 heterocycles. The van der Waals surface area contributed by atoms with E-state index in [1.807, 2.05) is 67.6 Å². The van der Waals surface area contributed by atoms with Crippen LogP contribution in [0.25, 0.3) is 22.2 Å². The van der Waals surface area contributed by atoms with Crippen molar-refractivity contribution < 1.29 is 0 Å². The number of nitrogens with one attached hydrogen (secondary N) is 2. The van der Waals surface area contributed by atoms with Crippen molar-refractivity contribution in [3.8, 4) is 11.3 Å². The van der Waals surface area contributed by atoms with Gasteiger partial charge in [0.1, 0.15) is 11.3 Å². The van der Waals surface area contributed by atoms with E-state index in [1.54, 1.807) is 12.3 Å². The van der Waals surface area contributed by atoms with Gasteiger partial charge in [0.05, 0.1) is 11.2 Å². The van der Waals surface area contributed by atoms with Crippen LogP contribution in [0.1, 0.15) is 11.1 Å². The van der Waals surface area contributed by atoms with Crippen LogP contribution in [0.4, 0.5) is 0 Å². The zero-order chi connectivity index (χ0) is 18.8. The molecule has 0 aliphatic heterocycles. The Labute approximate surface area is 157 Å². The Kier molecular flexibility index (Phi) is 4.34. The van der Waals surface area contributed by atoms with Crippen LogP contribution < -0.4 is 5.49 Å². The first-order chi connectivity index (χ1) is 13.1. The third-order valence-electron chi connectivity index (χ3n) is 4.48. The van der Waals surface area contributed by atoms with Crippen molar-refractivity contribution in [3.63, 3.8) is 0 Å². The standard InChI is InChI=1S/C22H19N5/c1-15-4-7-17(8-5-15)20-10-11-21(23)27(26-20)22(24)14-16-6-9-19-18(13-16)3-2-12-25-19/h2-13,23-24H,14H2,1H3. The lowest BCUT2D eigenvalue weighted by atomic mass is 10.1. The molecule has 0 radical (unpaired) electrons. The Balaban J connectivity index is 1.65. The number of nitrogens with zero attached hydrogens (tertiary/aromatic N) is 3. The van der Waals surface area contributed by atoms with E-state index in [1.165, 1.54) is 10.2 Å². The minimum absolute atomic E-state index is 0.193. The highest BCUT2D eigenvalue weighted by Gasteiger charge is 2.08. The van der Waals surface area contributed by atoms with Gasteiger partial charge in [-0.05, 0) is 42.8 Å². The maximum Gasteiger partial charge on any atom is 0.148 e. The number of hydrogen-bond donors (Lipinski definition) is 2. The second-order valence-corrected chi connectivity index (χ2v) is 6.54. The first-order valence-corrected chi connectivity index (χ1v) is 8.74. The largest absolute Gasteiger partial charge is 0.286 e. The number of benzene rings is 2. The summed E-state index contributed by atoms with van der Waals surface area (Å²) in [5.74, 6) is 0.261. The van der Waals surface area contributed by atoms with Gasteiger partial charge in [-0.2, -0.15) is 5.10 Å². The summed E-state index contributed by atoms with van der Waals surface area (Å²) in [4.78, 5) is 4.32. The monoisotopic (exact) mass is 353 g/mol. The molecule has 0 saturated heterocycles. The van der Waals surface area contributed by atoms with Crippen molar-refractivity contribution in [2.45, 2.75) is 13.3 Å². The Morgan fingerprint density at radius 2 is 1.81 bits per heavy atom. The number of fused-ring (bicyclic) bond motifs is 1. The number of aromatic nitrogens is 3. The molecule has 27 heavy (non-hydrogen) atoms. The molecule has 0 saturated carbocycles. The molecule has 0 fully saturated rings. The van der Waals surface area contributed by atoms with Crippen molar-refractivity contribution in [2.24, 2.45) is 0 Å².